The number of halogens is 1. The molecule has 1 fully saturated rings. The maximum absolute atomic E-state index is 14.5. The lowest BCUT2D eigenvalue weighted by Crippen LogP contribution is -2.52. The van der Waals surface area contributed by atoms with Crippen LogP contribution < -0.4 is 5.73 Å². The van der Waals surface area contributed by atoms with Crippen molar-refractivity contribution >= 4 is 11.9 Å². The molecule has 3 rings (SSSR count). The highest BCUT2D eigenvalue weighted by Crippen LogP contribution is 2.58. The first-order valence-corrected chi connectivity index (χ1v) is 10.9. The fourth-order valence-electron chi connectivity index (χ4n) is 5.68. The summed E-state index contributed by atoms with van der Waals surface area (Å²) in [5, 5.41) is 17.4. The van der Waals surface area contributed by atoms with E-state index in [4.69, 9.17) is 15.9 Å². The van der Waals surface area contributed by atoms with E-state index < -0.39 is 17.5 Å². The lowest BCUT2D eigenvalue weighted by molar-refractivity contribution is -0.135. The quantitative estimate of drug-likeness (QED) is 0.549. The van der Waals surface area contributed by atoms with Gasteiger partial charge in [0.05, 0.1) is 30.2 Å². The fourth-order valence-corrected chi connectivity index (χ4v) is 5.68. The van der Waals surface area contributed by atoms with E-state index in [1.54, 1.807) is 19.2 Å². The molecule has 4 atom stereocenters. The normalized spacial score (nSPS) is 27.5. The number of nitriles is 1. The average molecular weight is 429 g/mol. The van der Waals surface area contributed by atoms with E-state index in [0.29, 0.717) is 11.5 Å². The molecule has 3 N–H and O–H groups in total. The lowest BCUT2D eigenvalue weighted by atomic mass is 9.61. The Balaban J connectivity index is 2.09. The highest BCUT2D eigenvalue weighted by Gasteiger charge is 2.54. The summed E-state index contributed by atoms with van der Waals surface area (Å²) in [5.74, 6) is -1.05. The number of fused-ring (bicyclic) bond motifs is 1. The molecular formula is C24H33FN4O2. The number of alkyl halides is 1. The number of amides is 1. The van der Waals surface area contributed by atoms with Gasteiger partial charge < -0.3 is 10.5 Å². The Labute approximate surface area is 184 Å². The van der Waals surface area contributed by atoms with E-state index in [2.05, 4.69) is 13.0 Å². The third-order valence-electron chi connectivity index (χ3n) is 7.03. The Bertz CT molecular complexity index is 904. The van der Waals surface area contributed by atoms with Crippen LogP contribution in [0, 0.1) is 28.1 Å². The van der Waals surface area contributed by atoms with Gasteiger partial charge in [0.15, 0.2) is 5.96 Å². The summed E-state index contributed by atoms with van der Waals surface area (Å²) in [6, 6.07) is 7.67. The number of nitrogens with one attached hydrogen (secondary N) is 1. The molecule has 6 nitrogen and oxygen atoms in total. The summed E-state index contributed by atoms with van der Waals surface area (Å²) in [7, 11) is 1.73. The second-order valence-corrected chi connectivity index (χ2v) is 9.71. The van der Waals surface area contributed by atoms with Gasteiger partial charge in [0.1, 0.15) is 5.67 Å². The minimum Gasteiger partial charge on any atom is -0.381 e. The highest BCUT2D eigenvalue weighted by molar-refractivity contribution is 5.99. The molecule has 168 valence electrons. The molecule has 1 amide bonds. The molecule has 0 heterocycles. The van der Waals surface area contributed by atoms with Crippen molar-refractivity contribution in [2.75, 3.05) is 13.7 Å². The maximum Gasteiger partial charge on any atom is 0.237 e. The number of guanidine groups is 1. The minimum atomic E-state index is -1.69. The first-order valence-electron chi connectivity index (χ1n) is 10.9. The van der Waals surface area contributed by atoms with Crippen molar-refractivity contribution in [1.29, 1.82) is 10.7 Å². The first kappa shape index (κ1) is 23.2. The van der Waals surface area contributed by atoms with Gasteiger partial charge in [-0.1, -0.05) is 19.4 Å². The molecule has 1 aromatic rings. The van der Waals surface area contributed by atoms with Gasteiger partial charge >= 0.3 is 0 Å². The molecule has 0 aromatic heterocycles. The van der Waals surface area contributed by atoms with Gasteiger partial charge in [0.25, 0.3) is 0 Å². The highest BCUT2D eigenvalue weighted by atomic mass is 19.1. The maximum atomic E-state index is 14.5. The molecule has 1 spiro atoms. The molecule has 0 bridgehead atoms. The number of hydrogen-bond donors (Lipinski definition) is 2. The Hall–Kier alpha value is -2.46. The number of rotatable bonds is 5. The standard InChI is InChI=1S/C24H33FN4O2/c1-5-16-11-24(9-8-19(16)31-4)12-17-7-6-15(13-26)10-18(17)20(24)21(30)29(22(27)28)14-23(2,3)25/h6-7,10,16,19-20H,5,8-9,11-12,14H2,1-4H3,(H3,27,28)/t16-,19-,20+,24-/m1/s1. The zero-order chi connectivity index (χ0) is 23.0. The SMILES string of the molecule is CC[C@@H]1C[C@]2(CC[C@H]1OC)Cc1ccc(C#N)cc1[C@H]2C(=O)N(CC(C)(C)F)C(=N)N. The molecule has 1 saturated carbocycles. The van der Waals surface area contributed by atoms with Gasteiger partial charge in [0, 0.05) is 7.11 Å². The van der Waals surface area contributed by atoms with Crippen molar-refractivity contribution in [2.45, 2.75) is 70.6 Å². The van der Waals surface area contributed by atoms with Crippen LogP contribution in [0.15, 0.2) is 18.2 Å². The Morgan fingerprint density at radius 2 is 2.19 bits per heavy atom. The summed E-state index contributed by atoms with van der Waals surface area (Å²) in [6.07, 6.45) is 4.25. The molecule has 1 aromatic carbocycles. The van der Waals surface area contributed by atoms with Crippen molar-refractivity contribution in [1.82, 2.24) is 4.90 Å². The van der Waals surface area contributed by atoms with Gasteiger partial charge in [-0.3, -0.25) is 15.1 Å². The van der Waals surface area contributed by atoms with Crippen molar-refractivity contribution in [3.05, 3.63) is 34.9 Å². The van der Waals surface area contributed by atoms with Crippen LogP contribution in [0.5, 0.6) is 0 Å². The zero-order valence-electron chi connectivity index (χ0n) is 18.9. The van der Waals surface area contributed by atoms with Crippen LogP contribution in [0.1, 0.15) is 69.1 Å². The van der Waals surface area contributed by atoms with E-state index in [-0.39, 0.29) is 24.0 Å². The summed E-state index contributed by atoms with van der Waals surface area (Å²) in [5.41, 5.74) is 6.07. The van der Waals surface area contributed by atoms with Crippen LogP contribution in [0.2, 0.25) is 0 Å². The summed E-state index contributed by atoms with van der Waals surface area (Å²) >= 11 is 0. The predicted molar refractivity (Wildman–Crippen MR) is 117 cm³/mol. The summed E-state index contributed by atoms with van der Waals surface area (Å²) < 4.78 is 20.2. The van der Waals surface area contributed by atoms with Crippen LogP contribution in [0.3, 0.4) is 0 Å². The van der Waals surface area contributed by atoms with Crippen LogP contribution in [0.25, 0.3) is 0 Å². The van der Waals surface area contributed by atoms with E-state index in [1.807, 2.05) is 6.07 Å². The van der Waals surface area contributed by atoms with Crippen LogP contribution in [0.4, 0.5) is 4.39 Å². The Morgan fingerprint density at radius 3 is 2.74 bits per heavy atom. The molecule has 7 heteroatoms. The van der Waals surface area contributed by atoms with Crippen LogP contribution in [-0.2, 0) is 16.0 Å². The van der Waals surface area contributed by atoms with E-state index >= 15 is 0 Å². The topological polar surface area (TPSA) is 103 Å². The molecule has 2 aliphatic carbocycles. The number of carbonyl (C=O) groups is 1. The predicted octanol–water partition coefficient (Wildman–Crippen LogP) is 3.88. The van der Waals surface area contributed by atoms with Gasteiger partial charge in [-0.2, -0.15) is 5.26 Å². The number of hydrogen-bond acceptors (Lipinski definition) is 4. The zero-order valence-corrected chi connectivity index (χ0v) is 18.9. The number of benzene rings is 1. The van der Waals surface area contributed by atoms with Crippen molar-refractivity contribution in [3.63, 3.8) is 0 Å². The number of ether oxygens (including phenoxy) is 1. The second-order valence-electron chi connectivity index (χ2n) is 9.71. The Morgan fingerprint density at radius 1 is 1.48 bits per heavy atom. The first-order chi connectivity index (χ1) is 14.5. The summed E-state index contributed by atoms with van der Waals surface area (Å²) in [6.45, 7) is 4.60. The van der Waals surface area contributed by atoms with E-state index in [1.165, 1.54) is 13.8 Å². The molecule has 0 unspecified atom stereocenters. The van der Waals surface area contributed by atoms with Crippen LogP contribution >= 0.6 is 0 Å². The molecular weight excluding hydrogens is 395 g/mol. The van der Waals surface area contributed by atoms with Crippen molar-refractivity contribution < 1.29 is 13.9 Å². The van der Waals surface area contributed by atoms with Crippen LogP contribution in [-0.4, -0.2) is 42.2 Å². The van der Waals surface area contributed by atoms with Gasteiger partial charge in [-0.15, -0.1) is 0 Å². The molecule has 0 saturated heterocycles. The third kappa shape index (κ3) is 4.45. The number of nitrogens with zero attached hydrogens (tertiary/aromatic N) is 2. The summed E-state index contributed by atoms with van der Waals surface area (Å²) in [4.78, 5) is 14.9. The molecule has 0 radical (unpaired) electrons. The number of nitrogens with two attached hydrogens (primary N) is 1. The largest absolute Gasteiger partial charge is 0.381 e. The van der Waals surface area contributed by atoms with E-state index in [9.17, 15) is 14.4 Å². The lowest BCUT2D eigenvalue weighted by Gasteiger charge is -2.46. The molecule has 0 aliphatic heterocycles. The molecule has 31 heavy (non-hydrogen) atoms. The fraction of sp³-hybridized carbons (Fsp3) is 0.625. The van der Waals surface area contributed by atoms with Gasteiger partial charge in [0.2, 0.25) is 5.91 Å². The van der Waals surface area contributed by atoms with E-state index in [0.717, 1.165) is 48.1 Å². The molecule has 2 aliphatic rings. The second kappa shape index (κ2) is 8.58. The third-order valence-corrected chi connectivity index (χ3v) is 7.03. The monoisotopic (exact) mass is 428 g/mol. The van der Waals surface area contributed by atoms with Gasteiger partial charge in [-0.05, 0) is 74.1 Å². The number of carbonyl (C=O) groups excluding carboxylic acids is 1. The smallest absolute Gasteiger partial charge is 0.237 e. The average Bonchev–Trinajstić information content (AvgIpc) is 3.02. The van der Waals surface area contributed by atoms with Gasteiger partial charge in [-0.25, -0.2) is 4.39 Å². The minimum absolute atomic E-state index is 0.151. The Kier molecular flexibility index (Phi) is 6.43. The number of methoxy groups -OCH3 is 1. The van der Waals surface area contributed by atoms with Crippen molar-refractivity contribution in [2.24, 2.45) is 17.1 Å². The van der Waals surface area contributed by atoms with Crippen molar-refractivity contribution in [3.8, 4) is 6.07 Å².